The first-order valence-corrected chi connectivity index (χ1v) is 7.27. The van der Waals surface area contributed by atoms with Crippen molar-refractivity contribution in [3.63, 3.8) is 0 Å². The highest BCUT2D eigenvalue weighted by Crippen LogP contribution is 2.29. The number of ether oxygens (including phenoxy) is 1. The minimum absolute atomic E-state index is 0.244. The molecule has 0 saturated heterocycles. The molecule has 0 aromatic heterocycles. The van der Waals surface area contributed by atoms with Crippen LogP contribution in [0.3, 0.4) is 0 Å². The third-order valence-corrected chi connectivity index (χ3v) is 3.30. The van der Waals surface area contributed by atoms with E-state index >= 15 is 0 Å². The van der Waals surface area contributed by atoms with Gasteiger partial charge in [0.1, 0.15) is 10.9 Å². The summed E-state index contributed by atoms with van der Waals surface area (Å²) >= 11 is 5.83. The highest BCUT2D eigenvalue weighted by atomic mass is 35.5. The Hall–Kier alpha value is -0.590. The van der Waals surface area contributed by atoms with Crippen LogP contribution < -0.4 is 4.72 Å². The molecule has 0 aromatic carbocycles. The molecule has 16 heavy (non-hydrogen) atoms. The van der Waals surface area contributed by atoms with E-state index in [1.807, 2.05) is 0 Å². The zero-order valence-corrected chi connectivity index (χ0v) is 10.4. The standard InChI is InChI=1S/C9H13ClN2O3S/c1-16(13,14)12-8-4-7(5-11-9(8)10)15-6-2-3-6/h5-6,8,12H,2-4H2,1H3. The van der Waals surface area contributed by atoms with E-state index in [9.17, 15) is 8.42 Å². The molecule has 0 amide bonds. The largest absolute Gasteiger partial charge is 0.493 e. The first-order chi connectivity index (χ1) is 7.44. The molecule has 1 aliphatic carbocycles. The molecule has 0 spiro atoms. The van der Waals surface area contributed by atoms with E-state index in [0.717, 1.165) is 19.1 Å². The van der Waals surface area contributed by atoms with Crippen molar-refractivity contribution in [2.24, 2.45) is 4.99 Å². The second kappa shape index (κ2) is 4.35. The van der Waals surface area contributed by atoms with Crippen LogP contribution in [0.1, 0.15) is 19.3 Å². The SMILES string of the molecule is CS(=O)(=O)NC1CC(OC2CC2)=CN=C1Cl. The van der Waals surface area contributed by atoms with E-state index in [-0.39, 0.29) is 11.3 Å². The molecular formula is C9H13ClN2O3S. The molecule has 2 aliphatic rings. The van der Waals surface area contributed by atoms with Gasteiger partial charge in [-0.25, -0.2) is 18.1 Å². The van der Waals surface area contributed by atoms with Crippen molar-refractivity contribution in [3.8, 4) is 0 Å². The molecule has 1 unspecified atom stereocenters. The van der Waals surface area contributed by atoms with Crippen LogP contribution in [0.15, 0.2) is 17.0 Å². The van der Waals surface area contributed by atoms with Gasteiger partial charge in [0.05, 0.1) is 24.6 Å². The average Bonchev–Trinajstić information content (AvgIpc) is 2.92. The molecular weight excluding hydrogens is 252 g/mol. The molecule has 7 heteroatoms. The summed E-state index contributed by atoms with van der Waals surface area (Å²) in [6.07, 6.45) is 5.46. The third kappa shape index (κ3) is 3.47. The Balaban J connectivity index is 2.00. The number of sulfonamides is 1. The van der Waals surface area contributed by atoms with Gasteiger partial charge in [0, 0.05) is 6.42 Å². The summed E-state index contributed by atoms with van der Waals surface area (Å²) < 4.78 is 30.2. The van der Waals surface area contributed by atoms with Gasteiger partial charge in [-0.15, -0.1) is 0 Å². The van der Waals surface area contributed by atoms with E-state index in [0.29, 0.717) is 12.2 Å². The lowest BCUT2D eigenvalue weighted by Crippen LogP contribution is -2.39. The predicted molar refractivity (Wildman–Crippen MR) is 61.9 cm³/mol. The van der Waals surface area contributed by atoms with Gasteiger partial charge in [0.2, 0.25) is 10.0 Å². The zero-order valence-electron chi connectivity index (χ0n) is 8.81. The summed E-state index contributed by atoms with van der Waals surface area (Å²) in [5.74, 6) is 0.688. The molecule has 0 bridgehead atoms. The van der Waals surface area contributed by atoms with Crippen molar-refractivity contribution >= 4 is 26.8 Å². The fraction of sp³-hybridized carbons (Fsp3) is 0.667. The molecule has 90 valence electrons. The van der Waals surface area contributed by atoms with E-state index in [1.54, 1.807) is 6.20 Å². The van der Waals surface area contributed by atoms with E-state index in [4.69, 9.17) is 16.3 Å². The Bertz CT molecular complexity index is 440. The molecule has 5 nitrogen and oxygen atoms in total. The maximum Gasteiger partial charge on any atom is 0.209 e. The molecule has 1 saturated carbocycles. The molecule has 1 N–H and O–H groups in total. The fourth-order valence-electron chi connectivity index (χ4n) is 1.39. The van der Waals surface area contributed by atoms with Crippen LogP contribution in [0.25, 0.3) is 0 Å². The minimum Gasteiger partial charge on any atom is -0.493 e. The topological polar surface area (TPSA) is 67.8 Å². The van der Waals surface area contributed by atoms with Crippen LogP contribution >= 0.6 is 11.6 Å². The second-order valence-electron chi connectivity index (χ2n) is 4.01. The van der Waals surface area contributed by atoms with Gasteiger partial charge in [-0.3, -0.25) is 0 Å². The third-order valence-electron chi connectivity index (χ3n) is 2.22. The first kappa shape index (κ1) is 11.9. The molecule has 2 rings (SSSR count). The minimum atomic E-state index is -3.29. The van der Waals surface area contributed by atoms with Gasteiger partial charge < -0.3 is 4.74 Å². The van der Waals surface area contributed by atoms with Crippen molar-refractivity contribution < 1.29 is 13.2 Å². The van der Waals surface area contributed by atoms with Gasteiger partial charge in [-0.1, -0.05) is 11.6 Å². The van der Waals surface area contributed by atoms with Crippen LogP contribution in [0.5, 0.6) is 0 Å². The number of halogens is 1. The van der Waals surface area contributed by atoms with Crippen molar-refractivity contribution in [1.82, 2.24) is 4.72 Å². The quantitative estimate of drug-likeness (QED) is 0.823. The molecule has 0 aromatic rings. The Kier molecular flexibility index (Phi) is 3.23. The Morgan fingerprint density at radius 2 is 2.25 bits per heavy atom. The first-order valence-electron chi connectivity index (χ1n) is 5.00. The smallest absolute Gasteiger partial charge is 0.209 e. The van der Waals surface area contributed by atoms with Crippen LogP contribution in [0.4, 0.5) is 0 Å². The highest BCUT2D eigenvalue weighted by molar-refractivity contribution is 7.88. The average molecular weight is 265 g/mol. The summed E-state index contributed by atoms with van der Waals surface area (Å²) in [5, 5.41) is 0.244. The predicted octanol–water partition coefficient (Wildman–Crippen LogP) is 0.966. The Morgan fingerprint density at radius 1 is 1.56 bits per heavy atom. The van der Waals surface area contributed by atoms with Crippen molar-refractivity contribution in [3.05, 3.63) is 12.0 Å². The molecule has 1 aliphatic heterocycles. The van der Waals surface area contributed by atoms with Gasteiger partial charge in [-0.2, -0.15) is 0 Å². The Labute approximate surface area is 99.6 Å². The van der Waals surface area contributed by atoms with Gasteiger partial charge >= 0.3 is 0 Å². The number of hydrogen-bond acceptors (Lipinski definition) is 4. The second-order valence-corrected chi connectivity index (χ2v) is 6.18. The van der Waals surface area contributed by atoms with Gasteiger partial charge in [0.25, 0.3) is 0 Å². The van der Waals surface area contributed by atoms with Gasteiger partial charge in [-0.05, 0) is 12.8 Å². The number of hydrogen-bond donors (Lipinski definition) is 1. The van der Waals surface area contributed by atoms with Gasteiger partial charge in [0.15, 0.2) is 0 Å². The number of nitrogens with one attached hydrogen (secondary N) is 1. The number of aliphatic imine (C=N–C) groups is 1. The number of rotatable bonds is 4. The van der Waals surface area contributed by atoms with Crippen LogP contribution in [-0.2, 0) is 14.8 Å². The zero-order chi connectivity index (χ0) is 11.8. The lowest BCUT2D eigenvalue weighted by molar-refractivity contribution is 0.183. The monoisotopic (exact) mass is 264 g/mol. The van der Waals surface area contributed by atoms with Crippen LogP contribution in [-0.4, -0.2) is 32.0 Å². The summed E-state index contributed by atoms with van der Waals surface area (Å²) in [6.45, 7) is 0. The van der Waals surface area contributed by atoms with Crippen molar-refractivity contribution in [1.29, 1.82) is 0 Å². The molecule has 1 atom stereocenters. The normalized spacial score (nSPS) is 26.0. The maximum atomic E-state index is 11.1. The summed E-state index contributed by atoms with van der Waals surface area (Å²) in [5.41, 5.74) is 0. The lowest BCUT2D eigenvalue weighted by Gasteiger charge is -2.20. The van der Waals surface area contributed by atoms with E-state index in [1.165, 1.54) is 0 Å². The highest BCUT2D eigenvalue weighted by Gasteiger charge is 2.29. The summed E-state index contributed by atoms with van der Waals surface area (Å²) in [7, 11) is -3.29. The van der Waals surface area contributed by atoms with E-state index in [2.05, 4.69) is 9.71 Å². The van der Waals surface area contributed by atoms with Crippen molar-refractivity contribution in [2.45, 2.75) is 31.4 Å². The van der Waals surface area contributed by atoms with Crippen LogP contribution in [0.2, 0.25) is 0 Å². The molecule has 1 heterocycles. The fourth-order valence-corrected chi connectivity index (χ4v) is 2.35. The Morgan fingerprint density at radius 3 is 2.81 bits per heavy atom. The molecule has 0 radical (unpaired) electrons. The summed E-state index contributed by atoms with van der Waals surface area (Å²) in [4.78, 5) is 3.93. The lowest BCUT2D eigenvalue weighted by atomic mass is 10.2. The molecule has 1 fully saturated rings. The summed E-state index contributed by atoms with van der Waals surface area (Å²) in [6, 6.07) is -0.504. The van der Waals surface area contributed by atoms with E-state index < -0.39 is 16.1 Å². The number of nitrogens with zero attached hydrogens (tertiary/aromatic N) is 1. The van der Waals surface area contributed by atoms with Crippen molar-refractivity contribution in [2.75, 3.05) is 6.26 Å². The maximum absolute atomic E-state index is 11.1. The van der Waals surface area contributed by atoms with Crippen LogP contribution in [0, 0.1) is 0 Å².